The molecule has 0 saturated heterocycles. The first kappa shape index (κ1) is 14.2. The number of aliphatic hydroxyl groups is 1. The number of hydrogen-bond acceptors (Lipinski definition) is 4. The van der Waals surface area contributed by atoms with Gasteiger partial charge in [0.2, 0.25) is 0 Å². The Balaban J connectivity index is 2.08. The molecule has 4 heteroatoms. The number of nitrogens with zero attached hydrogens (tertiary/aromatic N) is 1. The lowest BCUT2D eigenvalue weighted by Crippen LogP contribution is -2.34. The van der Waals surface area contributed by atoms with Gasteiger partial charge in [0.05, 0.1) is 6.10 Å². The molecule has 1 aliphatic heterocycles. The predicted octanol–water partition coefficient (Wildman–Crippen LogP) is 2.22. The molecular formula is C15H23NO3. The number of benzene rings is 1. The average Bonchev–Trinajstić information content (AvgIpc) is 2.43. The summed E-state index contributed by atoms with van der Waals surface area (Å²) in [7, 11) is 0. The summed E-state index contributed by atoms with van der Waals surface area (Å²) in [6, 6.07) is 6.09. The van der Waals surface area contributed by atoms with E-state index < -0.39 is 6.10 Å². The van der Waals surface area contributed by atoms with Crippen molar-refractivity contribution in [3.05, 3.63) is 23.8 Å². The van der Waals surface area contributed by atoms with Crippen molar-refractivity contribution in [1.29, 1.82) is 0 Å². The van der Waals surface area contributed by atoms with Crippen molar-refractivity contribution in [3.63, 3.8) is 0 Å². The van der Waals surface area contributed by atoms with Crippen LogP contribution in [0, 0.1) is 0 Å². The zero-order valence-corrected chi connectivity index (χ0v) is 11.9. The summed E-state index contributed by atoms with van der Waals surface area (Å²) in [6.07, 6.45) is -0.502. The maximum Gasteiger partial charge on any atom is 0.161 e. The van der Waals surface area contributed by atoms with Crippen LogP contribution in [0.5, 0.6) is 11.5 Å². The quantitative estimate of drug-likeness (QED) is 0.886. The van der Waals surface area contributed by atoms with E-state index in [1.807, 2.05) is 18.2 Å². The molecule has 19 heavy (non-hydrogen) atoms. The molecule has 0 spiro atoms. The summed E-state index contributed by atoms with van der Waals surface area (Å²) < 4.78 is 11.0. The van der Waals surface area contributed by atoms with Crippen LogP contribution < -0.4 is 9.47 Å². The SMILES string of the molecule is CCN(CC(O)c1ccc2c(c1)OCCO2)C(C)C. The Hall–Kier alpha value is -1.26. The minimum Gasteiger partial charge on any atom is -0.486 e. The van der Waals surface area contributed by atoms with Crippen LogP contribution in [-0.4, -0.2) is 42.4 Å². The lowest BCUT2D eigenvalue weighted by atomic mass is 10.1. The highest BCUT2D eigenvalue weighted by molar-refractivity contribution is 5.44. The number of ether oxygens (including phenoxy) is 2. The first-order chi connectivity index (χ1) is 9.11. The molecule has 0 fully saturated rings. The molecule has 1 unspecified atom stereocenters. The normalized spacial score (nSPS) is 15.9. The summed E-state index contributed by atoms with van der Waals surface area (Å²) >= 11 is 0. The lowest BCUT2D eigenvalue weighted by Gasteiger charge is -2.28. The highest BCUT2D eigenvalue weighted by Crippen LogP contribution is 2.32. The van der Waals surface area contributed by atoms with Crippen LogP contribution in [0.1, 0.15) is 32.4 Å². The molecule has 4 nitrogen and oxygen atoms in total. The molecule has 0 aromatic heterocycles. The fourth-order valence-electron chi connectivity index (χ4n) is 2.30. The van der Waals surface area contributed by atoms with Crippen LogP contribution in [0.4, 0.5) is 0 Å². The molecule has 1 atom stereocenters. The zero-order chi connectivity index (χ0) is 13.8. The molecule has 1 heterocycles. The second kappa shape index (κ2) is 6.26. The number of rotatable bonds is 5. The van der Waals surface area contributed by atoms with Crippen molar-refractivity contribution in [2.45, 2.75) is 32.9 Å². The third-order valence-electron chi connectivity index (χ3n) is 3.49. The topological polar surface area (TPSA) is 41.9 Å². The maximum atomic E-state index is 10.3. The number of fused-ring (bicyclic) bond motifs is 1. The Labute approximate surface area is 114 Å². The van der Waals surface area contributed by atoms with E-state index >= 15 is 0 Å². The highest BCUT2D eigenvalue weighted by atomic mass is 16.6. The maximum absolute atomic E-state index is 10.3. The molecule has 1 aromatic rings. The van der Waals surface area contributed by atoms with E-state index in [1.54, 1.807) is 0 Å². The molecule has 0 bridgehead atoms. The number of aliphatic hydroxyl groups excluding tert-OH is 1. The number of likely N-dealkylation sites (N-methyl/N-ethyl adjacent to an activating group) is 1. The molecule has 0 aliphatic carbocycles. The van der Waals surface area contributed by atoms with E-state index in [9.17, 15) is 5.11 Å². The second-order valence-electron chi connectivity index (χ2n) is 5.10. The van der Waals surface area contributed by atoms with Crippen LogP contribution in [0.15, 0.2) is 18.2 Å². The van der Waals surface area contributed by atoms with Gasteiger partial charge in [-0.3, -0.25) is 4.90 Å². The van der Waals surface area contributed by atoms with Gasteiger partial charge in [0, 0.05) is 12.6 Å². The van der Waals surface area contributed by atoms with Crippen molar-refractivity contribution in [2.75, 3.05) is 26.3 Å². The van der Waals surface area contributed by atoms with Gasteiger partial charge in [0.1, 0.15) is 13.2 Å². The Morgan fingerprint density at radius 2 is 1.89 bits per heavy atom. The average molecular weight is 265 g/mol. The fourth-order valence-corrected chi connectivity index (χ4v) is 2.30. The summed E-state index contributed by atoms with van der Waals surface area (Å²) in [5, 5.41) is 10.3. The molecule has 1 aromatic carbocycles. The summed E-state index contributed by atoms with van der Waals surface area (Å²) in [4.78, 5) is 2.24. The third kappa shape index (κ3) is 3.39. The van der Waals surface area contributed by atoms with Crippen molar-refractivity contribution in [3.8, 4) is 11.5 Å². The van der Waals surface area contributed by atoms with Crippen LogP contribution in [-0.2, 0) is 0 Å². The Morgan fingerprint density at radius 1 is 1.21 bits per heavy atom. The van der Waals surface area contributed by atoms with Gasteiger partial charge in [-0.25, -0.2) is 0 Å². The minimum absolute atomic E-state index is 0.428. The second-order valence-corrected chi connectivity index (χ2v) is 5.10. The van der Waals surface area contributed by atoms with Crippen molar-refractivity contribution in [1.82, 2.24) is 4.90 Å². The van der Waals surface area contributed by atoms with Gasteiger partial charge in [-0.1, -0.05) is 13.0 Å². The van der Waals surface area contributed by atoms with E-state index in [4.69, 9.17) is 9.47 Å². The van der Waals surface area contributed by atoms with Crippen LogP contribution in [0.3, 0.4) is 0 Å². The minimum atomic E-state index is -0.502. The van der Waals surface area contributed by atoms with Crippen molar-refractivity contribution >= 4 is 0 Å². The van der Waals surface area contributed by atoms with Gasteiger partial charge in [-0.05, 0) is 38.1 Å². The summed E-state index contributed by atoms with van der Waals surface area (Å²) in [5.41, 5.74) is 0.878. The summed E-state index contributed by atoms with van der Waals surface area (Å²) in [5.74, 6) is 1.49. The molecular weight excluding hydrogens is 242 g/mol. The molecule has 0 amide bonds. The highest BCUT2D eigenvalue weighted by Gasteiger charge is 2.18. The zero-order valence-electron chi connectivity index (χ0n) is 11.9. The largest absolute Gasteiger partial charge is 0.486 e. The van der Waals surface area contributed by atoms with E-state index in [-0.39, 0.29) is 0 Å². The monoisotopic (exact) mass is 265 g/mol. The Bertz CT molecular complexity index is 420. The van der Waals surface area contributed by atoms with Crippen LogP contribution in [0.2, 0.25) is 0 Å². The van der Waals surface area contributed by atoms with Gasteiger partial charge in [-0.2, -0.15) is 0 Å². The van der Waals surface area contributed by atoms with Crippen molar-refractivity contribution < 1.29 is 14.6 Å². The lowest BCUT2D eigenvalue weighted by molar-refractivity contribution is 0.0983. The fraction of sp³-hybridized carbons (Fsp3) is 0.600. The molecule has 106 valence electrons. The standard InChI is InChI=1S/C15H23NO3/c1-4-16(11(2)3)10-13(17)12-5-6-14-15(9-12)19-8-7-18-14/h5-6,9,11,13,17H,4,7-8,10H2,1-3H3. The van der Waals surface area contributed by atoms with E-state index in [2.05, 4.69) is 25.7 Å². The first-order valence-corrected chi connectivity index (χ1v) is 6.93. The smallest absolute Gasteiger partial charge is 0.161 e. The number of hydrogen-bond donors (Lipinski definition) is 1. The first-order valence-electron chi connectivity index (χ1n) is 6.93. The van der Waals surface area contributed by atoms with E-state index in [0.29, 0.717) is 25.8 Å². The molecule has 1 aliphatic rings. The van der Waals surface area contributed by atoms with Gasteiger partial charge in [0.15, 0.2) is 11.5 Å². The third-order valence-corrected chi connectivity index (χ3v) is 3.49. The van der Waals surface area contributed by atoms with Crippen LogP contribution >= 0.6 is 0 Å². The van der Waals surface area contributed by atoms with Gasteiger partial charge >= 0.3 is 0 Å². The van der Waals surface area contributed by atoms with Gasteiger partial charge in [-0.15, -0.1) is 0 Å². The molecule has 0 radical (unpaired) electrons. The van der Waals surface area contributed by atoms with Gasteiger partial charge < -0.3 is 14.6 Å². The molecule has 2 rings (SSSR count). The van der Waals surface area contributed by atoms with Gasteiger partial charge in [0.25, 0.3) is 0 Å². The molecule has 0 saturated carbocycles. The molecule has 1 N–H and O–H groups in total. The Kier molecular flexibility index (Phi) is 4.66. The van der Waals surface area contributed by atoms with Crippen LogP contribution in [0.25, 0.3) is 0 Å². The summed E-state index contributed by atoms with van der Waals surface area (Å²) in [6.45, 7) is 9.11. The van der Waals surface area contributed by atoms with E-state index in [0.717, 1.165) is 23.6 Å². The van der Waals surface area contributed by atoms with E-state index in [1.165, 1.54) is 0 Å². The van der Waals surface area contributed by atoms with Crippen molar-refractivity contribution in [2.24, 2.45) is 0 Å². The Morgan fingerprint density at radius 3 is 2.53 bits per heavy atom. The predicted molar refractivity (Wildman–Crippen MR) is 74.8 cm³/mol.